The van der Waals surface area contributed by atoms with Crippen LogP contribution in [0.3, 0.4) is 0 Å². The highest BCUT2D eigenvalue weighted by Crippen LogP contribution is 2.14. The molecule has 1 atom stereocenters. The Bertz CT molecular complexity index is 345. The zero-order chi connectivity index (χ0) is 12.8. The van der Waals surface area contributed by atoms with Crippen molar-refractivity contribution in [3.8, 4) is 0 Å². The molecule has 0 radical (unpaired) electrons. The molecule has 0 heterocycles. The number of carbonyl (C=O) groups excluding carboxylic acids is 1. The lowest BCUT2D eigenvalue weighted by atomic mass is 9.99. The van der Waals surface area contributed by atoms with Gasteiger partial charge in [-0.25, -0.2) is 0 Å². The molecule has 0 fully saturated rings. The first-order chi connectivity index (χ1) is 8.00. The van der Waals surface area contributed by atoms with Crippen LogP contribution in [0.15, 0.2) is 30.3 Å². The van der Waals surface area contributed by atoms with E-state index in [1.54, 1.807) is 6.92 Å². The van der Waals surface area contributed by atoms with Crippen LogP contribution in [-0.2, 0) is 11.3 Å². The second-order valence-electron chi connectivity index (χ2n) is 5.16. The van der Waals surface area contributed by atoms with Crippen LogP contribution in [0.1, 0.15) is 32.8 Å². The topological polar surface area (TPSA) is 20.3 Å². The van der Waals surface area contributed by atoms with Crippen molar-refractivity contribution < 1.29 is 4.79 Å². The summed E-state index contributed by atoms with van der Waals surface area (Å²) in [6, 6.07) is 10.3. The molecule has 94 valence electrons. The lowest BCUT2D eigenvalue weighted by Gasteiger charge is -2.27. The van der Waals surface area contributed by atoms with Crippen LogP contribution in [0.4, 0.5) is 0 Å². The highest BCUT2D eigenvalue weighted by molar-refractivity contribution is 5.81. The summed E-state index contributed by atoms with van der Waals surface area (Å²) in [5, 5.41) is 0. The third kappa shape index (κ3) is 4.70. The number of nitrogens with zero attached hydrogens (tertiary/aromatic N) is 1. The van der Waals surface area contributed by atoms with E-state index in [9.17, 15) is 4.79 Å². The molecule has 2 nitrogen and oxygen atoms in total. The Kier molecular flexibility index (Phi) is 5.36. The van der Waals surface area contributed by atoms with E-state index in [0.717, 1.165) is 13.0 Å². The predicted molar refractivity (Wildman–Crippen MR) is 71.8 cm³/mol. The highest BCUT2D eigenvalue weighted by Gasteiger charge is 2.20. The van der Waals surface area contributed by atoms with Gasteiger partial charge in [-0.3, -0.25) is 9.69 Å². The lowest BCUT2D eigenvalue weighted by Crippen LogP contribution is -2.37. The number of carbonyl (C=O) groups is 1. The molecule has 0 amide bonds. The number of Topliss-reactive ketones (excluding diaryl/α,β-unsaturated/α-hetero) is 1. The molecule has 2 heteroatoms. The molecule has 17 heavy (non-hydrogen) atoms. The van der Waals surface area contributed by atoms with Gasteiger partial charge in [0.2, 0.25) is 0 Å². The Morgan fingerprint density at radius 3 is 2.29 bits per heavy atom. The fourth-order valence-corrected chi connectivity index (χ4v) is 2.08. The molecule has 0 aliphatic heterocycles. The third-order valence-corrected chi connectivity index (χ3v) is 2.97. The summed E-state index contributed by atoms with van der Waals surface area (Å²) >= 11 is 0. The molecule has 0 bridgehead atoms. The van der Waals surface area contributed by atoms with Crippen LogP contribution in [0.5, 0.6) is 0 Å². The molecular formula is C15H23NO. The monoisotopic (exact) mass is 233 g/mol. The van der Waals surface area contributed by atoms with Crippen LogP contribution in [0.2, 0.25) is 0 Å². The summed E-state index contributed by atoms with van der Waals surface area (Å²) in [6.07, 6.45) is 0.929. The molecule has 0 N–H and O–H groups in total. The average Bonchev–Trinajstić information content (AvgIpc) is 2.26. The van der Waals surface area contributed by atoms with Crippen LogP contribution in [-0.4, -0.2) is 23.8 Å². The van der Waals surface area contributed by atoms with Crippen molar-refractivity contribution >= 4 is 5.78 Å². The maximum absolute atomic E-state index is 11.7. The zero-order valence-corrected chi connectivity index (χ0v) is 11.3. The molecule has 0 aliphatic rings. The van der Waals surface area contributed by atoms with Crippen LogP contribution < -0.4 is 0 Å². The highest BCUT2D eigenvalue weighted by atomic mass is 16.1. The first-order valence-corrected chi connectivity index (χ1v) is 6.25. The van der Waals surface area contributed by atoms with E-state index in [0.29, 0.717) is 5.92 Å². The SMILES string of the molecule is CC(=O)C(CC(C)C)N(C)Cc1ccccc1. The van der Waals surface area contributed by atoms with Gasteiger partial charge in [-0.2, -0.15) is 0 Å². The molecule has 0 saturated heterocycles. The number of likely N-dealkylation sites (N-methyl/N-ethyl adjacent to an activating group) is 1. The minimum Gasteiger partial charge on any atom is -0.298 e. The van der Waals surface area contributed by atoms with Crippen LogP contribution in [0, 0.1) is 5.92 Å². The first kappa shape index (κ1) is 13.9. The maximum Gasteiger partial charge on any atom is 0.146 e. The maximum atomic E-state index is 11.7. The molecule has 0 aromatic heterocycles. The smallest absolute Gasteiger partial charge is 0.146 e. The molecule has 0 saturated carbocycles. The minimum absolute atomic E-state index is 0.0372. The fourth-order valence-electron chi connectivity index (χ4n) is 2.08. The second kappa shape index (κ2) is 6.55. The van der Waals surface area contributed by atoms with Gasteiger partial charge in [0.1, 0.15) is 5.78 Å². The van der Waals surface area contributed by atoms with Gasteiger partial charge in [-0.05, 0) is 31.9 Å². The van der Waals surface area contributed by atoms with Crippen molar-refractivity contribution in [3.63, 3.8) is 0 Å². The molecule has 1 unspecified atom stereocenters. The number of hydrogen-bond acceptors (Lipinski definition) is 2. The van der Waals surface area contributed by atoms with E-state index >= 15 is 0 Å². The predicted octanol–water partition coefficient (Wildman–Crippen LogP) is 3.12. The number of benzene rings is 1. The van der Waals surface area contributed by atoms with E-state index in [1.807, 2.05) is 25.2 Å². The standard InChI is InChI=1S/C15H23NO/c1-12(2)10-15(13(3)17)16(4)11-14-8-6-5-7-9-14/h5-9,12,15H,10-11H2,1-4H3. The molecular weight excluding hydrogens is 210 g/mol. The van der Waals surface area contributed by atoms with Gasteiger partial charge < -0.3 is 0 Å². The quantitative estimate of drug-likeness (QED) is 0.752. The molecule has 1 aromatic rings. The van der Waals surface area contributed by atoms with Gasteiger partial charge in [0, 0.05) is 6.54 Å². The molecule has 1 rings (SSSR count). The Morgan fingerprint density at radius 2 is 1.82 bits per heavy atom. The lowest BCUT2D eigenvalue weighted by molar-refractivity contribution is -0.122. The van der Waals surface area contributed by atoms with Gasteiger partial charge in [0.05, 0.1) is 6.04 Å². The number of rotatable bonds is 6. The van der Waals surface area contributed by atoms with Gasteiger partial charge in [0.15, 0.2) is 0 Å². The third-order valence-electron chi connectivity index (χ3n) is 2.97. The van der Waals surface area contributed by atoms with E-state index in [2.05, 4.69) is 30.9 Å². The first-order valence-electron chi connectivity index (χ1n) is 6.25. The van der Waals surface area contributed by atoms with E-state index < -0.39 is 0 Å². The van der Waals surface area contributed by atoms with Gasteiger partial charge in [-0.15, -0.1) is 0 Å². The van der Waals surface area contributed by atoms with Crippen LogP contribution >= 0.6 is 0 Å². The summed E-state index contributed by atoms with van der Waals surface area (Å²) in [6.45, 7) is 6.84. The van der Waals surface area contributed by atoms with Gasteiger partial charge >= 0.3 is 0 Å². The summed E-state index contributed by atoms with van der Waals surface area (Å²) in [7, 11) is 2.03. The van der Waals surface area contributed by atoms with E-state index in [1.165, 1.54) is 5.56 Å². The minimum atomic E-state index is 0.0372. The van der Waals surface area contributed by atoms with Crippen LogP contribution in [0.25, 0.3) is 0 Å². The largest absolute Gasteiger partial charge is 0.298 e. The van der Waals surface area contributed by atoms with Gasteiger partial charge in [-0.1, -0.05) is 44.2 Å². The molecule has 0 aliphatic carbocycles. The van der Waals surface area contributed by atoms with Gasteiger partial charge in [0.25, 0.3) is 0 Å². The summed E-state index contributed by atoms with van der Waals surface area (Å²) < 4.78 is 0. The summed E-state index contributed by atoms with van der Waals surface area (Å²) in [5.41, 5.74) is 1.25. The van der Waals surface area contributed by atoms with E-state index in [4.69, 9.17) is 0 Å². The van der Waals surface area contributed by atoms with Crippen molar-refractivity contribution in [3.05, 3.63) is 35.9 Å². The summed E-state index contributed by atoms with van der Waals surface area (Å²) in [4.78, 5) is 13.8. The van der Waals surface area contributed by atoms with Crippen molar-refractivity contribution in [2.75, 3.05) is 7.05 Å². The molecule has 1 aromatic carbocycles. The van der Waals surface area contributed by atoms with Crippen molar-refractivity contribution in [2.24, 2.45) is 5.92 Å². The Balaban J connectivity index is 2.65. The number of hydrogen-bond donors (Lipinski definition) is 0. The Morgan fingerprint density at radius 1 is 1.24 bits per heavy atom. The molecule has 0 spiro atoms. The zero-order valence-electron chi connectivity index (χ0n) is 11.3. The normalized spacial score (nSPS) is 13.1. The van der Waals surface area contributed by atoms with Crippen molar-refractivity contribution in [1.82, 2.24) is 4.90 Å². The Labute approximate surface area is 105 Å². The van der Waals surface area contributed by atoms with E-state index in [-0.39, 0.29) is 11.8 Å². The van der Waals surface area contributed by atoms with Crippen molar-refractivity contribution in [2.45, 2.75) is 39.8 Å². The second-order valence-corrected chi connectivity index (χ2v) is 5.16. The van der Waals surface area contributed by atoms with Crippen molar-refractivity contribution in [1.29, 1.82) is 0 Å². The number of ketones is 1. The Hall–Kier alpha value is -1.15. The fraction of sp³-hybridized carbons (Fsp3) is 0.533. The average molecular weight is 233 g/mol. The summed E-state index contributed by atoms with van der Waals surface area (Å²) in [5.74, 6) is 0.805.